The standard InChI is InChI=1S/C29H27N3O9S/c1-3-39-29(36)20-5-9-22(10-6-20)32-27(34)15-24(28(32)35)31(16-19-4-13-25-26(14-19)41-17-40-25)42(37,38)23-11-7-21(8-12-23)30-18(2)33/h4-14,24H,3,15-17H2,1-2H3,(H,30,33). The zero-order valence-corrected chi connectivity index (χ0v) is 23.6. The van der Waals surface area contributed by atoms with Crippen molar-refractivity contribution in [1.82, 2.24) is 4.31 Å². The van der Waals surface area contributed by atoms with Gasteiger partial charge in [-0.15, -0.1) is 0 Å². The molecule has 12 nitrogen and oxygen atoms in total. The Balaban J connectivity index is 1.48. The second-order valence-electron chi connectivity index (χ2n) is 9.50. The lowest BCUT2D eigenvalue weighted by atomic mass is 10.1. The van der Waals surface area contributed by atoms with Crippen molar-refractivity contribution in [3.63, 3.8) is 0 Å². The summed E-state index contributed by atoms with van der Waals surface area (Å²) in [5.41, 5.74) is 1.34. The lowest BCUT2D eigenvalue weighted by Gasteiger charge is -2.27. The number of carbonyl (C=O) groups excluding carboxylic acids is 4. The van der Waals surface area contributed by atoms with Crippen molar-refractivity contribution in [2.24, 2.45) is 0 Å². The first-order chi connectivity index (χ1) is 20.1. The molecular weight excluding hydrogens is 566 g/mol. The smallest absolute Gasteiger partial charge is 0.338 e. The van der Waals surface area contributed by atoms with Gasteiger partial charge in [-0.25, -0.2) is 18.1 Å². The molecule has 5 rings (SSSR count). The molecule has 1 fully saturated rings. The molecule has 3 amide bonds. The number of fused-ring (bicyclic) bond motifs is 1. The van der Waals surface area contributed by atoms with Crippen LogP contribution in [-0.4, -0.2) is 55.9 Å². The number of amides is 3. The molecule has 0 radical (unpaired) electrons. The third-order valence-electron chi connectivity index (χ3n) is 6.66. The number of anilines is 2. The number of carbonyl (C=O) groups is 4. The maximum atomic E-state index is 14.0. The molecule has 1 unspecified atom stereocenters. The van der Waals surface area contributed by atoms with Crippen LogP contribution in [-0.2, 0) is 35.7 Å². The lowest BCUT2D eigenvalue weighted by molar-refractivity contribution is -0.122. The molecular formula is C29H27N3O9S. The van der Waals surface area contributed by atoms with E-state index >= 15 is 0 Å². The monoisotopic (exact) mass is 593 g/mol. The Morgan fingerprint density at radius 2 is 1.69 bits per heavy atom. The van der Waals surface area contributed by atoms with Gasteiger partial charge in [-0.05, 0) is 73.2 Å². The number of esters is 1. The van der Waals surface area contributed by atoms with Crippen LogP contribution in [0.3, 0.4) is 0 Å². The minimum atomic E-state index is -4.34. The summed E-state index contributed by atoms with van der Waals surface area (Å²) in [5.74, 6) is -1.26. The summed E-state index contributed by atoms with van der Waals surface area (Å²) in [7, 11) is -4.34. The summed E-state index contributed by atoms with van der Waals surface area (Å²) in [5, 5.41) is 2.58. The topological polar surface area (TPSA) is 149 Å². The molecule has 2 aliphatic heterocycles. The van der Waals surface area contributed by atoms with E-state index < -0.39 is 40.3 Å². The van der Waals surface area contributed by atoms with E-state index in [1.165, 1.54) is 55.5 Å². The molecule has 0 aliphatic carbocycles. The Kier molecular flexibility index (Phi) is 7.96. The molecule has 2 heterocycles. The fraction of sp³-hybridized carbons (Fsp3) is 0.241. The van der Waals surface area contributed by atoms with Crippen molar-refractivity contribution in [2.75, 3.05) is 23.6 Å². The molecule has 0 saturated carbocycles. The van der Waals surface area contributed by atoms with E-state index in [9.17, 15) is 27.6 Å². The highest BCUT2D eigenvalue weighted by atomic mass is 32.2. The fourth-order valence-electron chi connectivity index (χ4n) is 4.70. The highest BCUT2D eigenvalue weighted by molar-refractivity contribution is 7.89. The molecule has 1 N–H and O–H groups in total. The quantitative estimate of drug-likeness (QED) is 0.292. The normalized spacial score (nSPS) is 16.2. The summed E-state index contributed by atoms with van der Waals surface area (Å²) in [4.78, 5) is 51.1. The fourth-order valence-corrected chi connectivity index (χ4v) is 6.27. The summed E-state index contributed by atoms with van der Waals surface area (Å²) in [6, 6.07) is 14.8. The molecule has 0 aromatic heterocycles. The van der Waals surface area contributed by atoms with E-state index in [2.05, 4.69) is 5.32 Å². The van der Waals surface area contributed by atoms with Gasteiger partial charge < -0.3 is 19.5 Å². The van der Waals surface area contributed by atoms with Crippen molar-refractivity contribution < 1.29 is 41.8 Å². The Morgan fingerprint density at radius 1 is 1.00 bits per heavy atom. The van der Waals surface area contributed by atoms with Crippen LogP contribution in [0.4, 0.5) is 11.4 Å². The zero-order chi connectivity index (χ0) is 30.0. The number of nitrogens with one attached hydrogen (secondary N) is 1. The van der Waals surface area contributed by atoms with Gasteiger partial charge in [0.25, 0.3) is 5.91 Å². The number of benzene rings is 3. The molecule has 0 spiro atoms. The van der Waals surface area contributed by atoms with E-state index in [0.717, 1.165) is 9.21 Å². The van der Waals surface area contributed by atoms with Gasteiger partial charge in [0.1, 0.15) is 6.04 Å². The van der Waals surface area contributed by atoms with E-state index in [-0.39, 0.29) is 42.0 Å². The van der Waals surface area contributed by atoms with Crippen molar-refractivity contribution in [1.29, 1.82) is 0 Å². The third-order valence-corrected chi connectivity index (χ3v) is 8.53. The highest BCUT2D eigenvalue weighted by Gasteiger charge is 2.47. The van der Waals surface area contributed by atoms with Crippen LogP contribution in [0.2, 0.25) is 0 Å². The molecule has 1 saturated heterocycles. The van der Waals surface area contributed by atoms with Crippen molar-refractivity contribution in [3.8, 4) is 11.5 Å². The molecule has 3 aromatic rings. The molecule has 3 aromatic carbocycles. The number of imide groups is 1. The first-order valence-corrected chi connectivity index (χ1v) is 14.4. The van der Waals surface area contributed by atoms with Crippen LogP contribution in [0.1, 0.15) is 36.2 Å². The maximum Gasteiger partial charge on any atom is 0.338 e. The van der Waals surface area contributed by atoms with Crippen molar-refractivity contribution in [2.45, 2.75) is 37.8 Å². The Labute approximate surface area is 241 Å². The predicted octanol–water partition coefficient (Wildman–Crippen LogP) is 3.07. The van der Waals surface area contributed by atoms with Crippen molar-refractivity contribution >= 4 is 45.1 Å². The predicted molar refractivity (Wildman–Crippen MR) is 149 cm³/mol. The SMILES string of the molecule is CCOC(=O)c1ccc(N2C(=O)CC(N(Cc3ccc4c(c3)OCO4)S(=O)(=O)c3ccc(NC(C)=O)cc3)C2=O)cc1. The van der Waals surface area contributed by atoms with Crippen LogP contribution >= 0.6 is 0 Å². The second kappa shape index (κ2) is 11.6. The minimum Gasteiger partial charge on any atom is -0.462 e. The summed E-state index contributed by atoms with van der Waals surface area (Å²) in [6.45, 7) is 2.98. The molecule has 2 aliphatic rings. The zero-order valence-electron chi connectivity index (χ0n) is 22.7. The van der Waals surface area contributed by atoms with Crippen LogP contribution in [0.5, 0.6) is 11.5 Å². The average molecular weight is 594 g/mol. The average Bonchev–Trinajstić information content (AvgIpc) is 3.54. The molecule has 13 heteroatoms. The van der Waals surface area contributed by atoms with E-state index in [4.69, 9.17) is 14.2 Å². The van der Waals surface area contributed by atoms with Crippen LogP contribution < -0.4 is 19.7 Å². The van der Waals surface area contributed by atoms with Gasteiger partial charge in [-0.1, -0.05) is 6.07 Å². The Bertz CT molecular complexity index is 1650. The van der Waals surface area contributed by atoms with Gasteiger partial charge in [0.15, 0.2) is 11.5 Å². The Hall–Kier alpha value is -4.75. The number of sulfonamides is 1. The van der Waals surface area contributed by atoms with Gasteiger partial charge in [0, 0.05) is 19.2 Å². The first kappa shape index (κ1) is 28.8. The van der Waals surface area contributed by atoms with Gasteiger partial charge in [0.2, 0.25) is 28.6 Å². The number of hydrogen-bond acceptors (Lipinski definition) is 9. The van der Waals surface area contributed by atoms with Crippen LogP contribution in [0.25, 0.3) is 0 Å². The van der Waals surface area contributed by atoms with Gasteiger partial charge in [-0.2, -0.15) is 4.31 Å². The summed E-state index contributed by atoms with van der Waals surface area (Å²) < 4.78 is 44.8. The maximum absolute atomic E-state index is 14.0. The number of ether oxygens (including phenoxy) is 3. The van der Waals surface area contributed by atoms with Crippen molar-refractivity contribution in [3.05, 3.63) is 77.9 Å². The highest BCUT2D eigenvalue weighted by Crippen LogP contribution is 2.35. The Morgan fingerprint density at radius 3 is 2.36 bits per heavy atom. The van der Waals surface area contributed by atoms with Crippen LogP contribution in [0.15, 0.2) is 71.6 Å². The molecule has 218 valence electrons. The van der Waals surface area contributed by atoms with E-state index in [1.807, 2.05) is 0 Å². The van der Waals surface area contributed by atoms with Crippen LogP contribution in [0, 0.1) is 0 Å². The second-order valence-corrected chi connectivity index (χ2v) is 11.4. The first-order valence-electron chi connectivity index (χ1n) is 13.0. The van der Waals surface area contributed by atoms with E-state index in [1.54, 1.807) is 25.1 Å². The van der Waals surface area contributed by atoms with E-state index in [0.29, 0.717) is 22.7 Å². The minimum absolute atomic E-state index is 0.0287. The number of nitrogens with zero attached hydrogens (tertiary/aromatic N) is 2. The number of rotatable bonds is 9. The van der Waals surface area contributed by atoms with Gasteiger partial charge >= 0.3 is 5.97 Å². The lowest BCUT2D eigenvalue weighted by Crippen LogP contribution is -2.45. The number of hydrogen-bond donors (Lipinski definition) is 1. The van der Waals surface area contributed by atoms with Gasteiger partial charge in [-0.3, -0.25) is 14.4 Å². The summed E-state index contributed by atoms with van der Waals surface area (Å²) in [6.07, 6.45) is -0.397. The van der Waals surface area contributed by atoms with Gasteiger partial charge in [0.05, 0.1) is 29.2 Å². The summed E-state index contributed by atoms with van der Waals surface area (Å²) >= 11 is 0. The third kappa shape index (κ3) is 5.69. The molecule has 0 bridgehead atoms. The largest absolute Gasteiger partial charge is 0.462 e. The molecule has 42 heavy (non-hydrogen) atoms. The molecule has 1 atom stereocenters.